The highest BCUT2D eigenvalue weighted by Crippen LogP contribution is 2.27. The zero-order valence-corrected chi connectivity index (χ0v) is 24.7. The van der Waals surface area contributed by atoms with Crippen LogP contribution in [0.4, 0.5) is 5.69 Å². The molecule has 0 heterocycles. The quantitative estimate of drug-likeness (QED) is 0.367. The van der Waals surface area contributed by atoms with Crippen molar-refractivity contribution in [3.63, 3.8) is 0 Å². The fourth-order valence-corrected chi connectivity index (χ4v) is 6.27. The highest BCUT2D eigenvalue weighted by Gasteiger charge is 2.29. The maximum absolute atomic E-state index is 13.4. The number of hydrogen-bond acceptors (Lipinski definition) is 4. The molecule has 1 aliphatic carbocycles. The molecule has 1 atom stereocenters. The third-order valence-corrected chi connectivity index (χ3v) is 8.61. The minimum absolute atomic E-state index is 0.0979. The van der Waals surface area contributed by atoms with E-state index in [1.165, 1.54) is 4.31 Å². The lowest BCUT2D eigenvalue weighted by atomic mass is 10.1. The zero-order chi connectivity index (χ0) is 27.2. The number of benzene rings is 2. The second kappa shape index (κ2) is 13.1. The molecule has 0 spiro atoms. The van der Waals surface area contributed by atoms with Gasteiger partial charge in [-0.15, -0.1) is 0 Å². The number of nitrogens with one attached hydrogen (secondary N) is 1. The molecule has 2 aromatic carbocycles. The number of carbonyl (C=O) groups is 2. The van der Waals surface area contributed by atoms with Crippen molar-refractivity contribution in [2.24, 2.45) is 0 Å². The number of nitrogens with zero attached hydrogens (tertiary/aromatic N) is 2. The molecule has 202 valence electrons. The first-order valence-electron chi connectivity index (χ1n) is 12.5. The summed E-state index contributed by atoms with van der Waals surface area (Å²) in [6.07, 6.45) is 5.66. The van der Waals surface area contributed by atoms with Crippen molar-refractivity contribution >= 4 is 55.1 Å². The van der Waals surface area contributed by atoms with Gasteiger partial charge in [0.05, 0.1) is 11.9 Å². The molecule has 2 aromatic rings. The first kappa shape index (κ1) is 29.5. The van der Waals surface area contributed by atoms with E-state index < -0.39 is 16.1 Å². The van der Waals surface area contributed by atoms with Crippen LogP contribution in [0.3, 0.4) is 0 Å². The lowest BCUT2D eigenvalue weighted by Crippen LogP contribution is -2.49. The van der Waals surface area contributed by atoms with Gasteiger partial charge in [-0.3, -0.25) is 13.9 Å². The van der Waals surface area contributed by atoms with Gasteiger partial charge in [0.15, 0.2) is 0 Å². The molecule has 1 fully saturated rings. The average molecular weight is 613 g/mol. The van der Waals surface area contributed by atoms with E-state index in [9.17, 15) is 18.0 Å². The largest absolute Gasteiger partial charge is 0.352 e. The Labute approximate surface area is 233 Å². The predicted octanol–water partition coefficient (Wildman–Crippen LogP) is 5.43. The van der Waals surface area contributed by atoms with Crippen LogP contribution in [-0.2, 0) is 26.2 Å². The van der Waals surface area contributed by atoms with Gasteiger partial charge in [-0.25, -0.2) is 8.42 Å². The molecule has 0 aromatic heterocycles. The van der Waals surface area contributed by atoms with Crippen molar-refractivity contribution in [2.75, 3.05) is 17.1 Å². The Morgan fingerprint density at radius 2 is 1.86 bits per heavy atom. The van der Waals surface area contributed by atoms with Crippen LogP contribution in [0.1, 0.15) is 56.6 Å². The van der Waals surface area contributed by atoms with Gasteiger partial charge in [0, 0.05) is 35.0 Å². The summed E-state index contributed by atoms with van der Waals surface area (Å²) in [5.41, 5.74) is 2.17. The van der Waals surface area contributed by atoms with Crippen LogP contribution in [0.15, 0.2) is 46.9 Å². The number of aryl methyl sites for hydroxylation is 1. The topological polar surface area (TPSA) is 86.8 Å². The van der Waals surface area contributed by atoms with Gasteiger partial charge in [-0.1, -0.05) is 58.6 Å². The molecule has 2 amide bonds. The zero-order valence-electron chi connectivity index (χ0n) is 21.5. The van der Waals surface area contributed by atoms with Gasteiger partial charge in [0.2, 0.25) is 21.8 Å². The molecule has 7 nitrogen and oxygen atoms in total. The summed E-state index contributed by atoms with van der Waals surface area (Å²) < 4.78 is 27.3. The molecule has 0 aliphatic heterocycles. The van der Waals surface area contributed by atoms with E-state index in [4.69, 9.17) is 11.6 Å². The van der Waals surface area contributed by atoms with E-state index in [0.29, 0.717) is 17.1 Å². The lowest BCUT2D eigenvalue weighted by Gasteiger charge is -2.30. The SMILES string of the molecule is Cc1ccc(Cl)cc1N(CCCC(=O)N(Cc1cccc(Br)c1)C(C)C(=O)NC1CCCC1)S(C)(=O)=O. The summed E-state index contributed by atoms with van der Waals surface area (Å²) in [6.45, 7) is 3.97. The van der Waals surface area contributed by atoms with E-state index in [2.05, 4.69) is 21.2 Å². The Morgan fingerprint density at radius 1 is 1.16 bits per heavy atom. The van der Waals surface area contributed by atoms with Gasteiger partial charge in [0.1, 0.15) is 6.04 Å². The van der Waals surface area contributed by atoms with E-state index in [1.807, 2.05) is 31.2 Å². The maximum atomic E-state index is 13.4. The highest BCUT2D eigenvalue weighted by molar-refractivity contribution is 9.10. The van der Waals surface area contributed by atoms with Gasteiger partial charge in [-0.05, 0) is 68.5 Å². The molecule has 0 radical (unpaired) electrons. The van der Waals surface area contributed by atoms with Crippen LogP contribution in [-0.4, -0.2) is 50.0 Å². The summed E-state index contributed by atoms with van der Waals surface area (Å²) in [7, 11) is -3.59. The third-order valence-electron chi connectivity index (χ3n) is 6.70. The smallest absolute Gasteiger partial charge is 0.242 e. The van der Waals surface area contributed by atoms with Gasteiger partial charge < -0.3 is 10.2 Å². The predicted molar refractivity (Wildman–Crippen MR) is 152 cm³/mol. The summed E-state index contributed by atoms with van der Waals surface area (Å²) in [5.74, 6) is -0.368. The van der Waals surface area contributed by atoms with Gasteiger partial charge >= 0.3 is 0 Å². The highest BCUT2D eigenvalue weighted by atomic mass is 79.9. The molecule has 1 unspecified atom stereocenters. The van der Waals surface area contributed by atoms with Crippen LogP contribution >= 0.6 is 27.5 Å². The monoisotopic (exact) mass is 611 g/mol. The fraction of sp³-hybridized carbons (Fsp3) is 0.481. The van der Waals surface area contributed by atoms with Crippen LogP contribution < -0.4 is 9.62 Å². The van der Waals surface area contributed by atoms with Crippen LogP contribution in [0.2, 0.25) is 5.02 Å². The Kier molecular flexibility index (Phi) is 10.4. The number of hydrogen-bond donors (Lipinski definition) is 1. The van der Waals surface area contributed by atoms with Crippen LogP contribution in [0.25, 0.3) is 0 Å². The van der Waals surface area contributed by atoms with E-state index >= 15 is 0 Å². The van der Waals surface area contributed by atoms with Crippen molar-refractivity contribution in [2.45, 2.75) is 71.0 Å². The second-order valence-electron chi connectivity index (χ2n) is 9.69. The number of halogens is 2. The van der Waals surface area contributed by atoms with Crippen molar-refractivity contribution in [1.82, 2.24) is 10.2 Å². The molecule has 0 saturated heterocycles. The summed E-state index contributed by atoms with van der Waals surface area (Å²) >= 11 is 9.60. The molecule has 1 aliphatic rings. The minimum Gasteiger partial charge on any atom is -0.352 e. The molecule has 1 N–H and O–H groups in total. The third kappa shape index (κ3) is 8.45. The first-order chi connectivity index (χ1) is 17.5. The minimum atomic E-state index is -3.59. The summed E-state index contributed by atoms with van der Waals surface area (Å²) in [6, 6.07) is 12.2. The normalized spacial score (nSPS) is 14.8. The standard InChI is InChI=1S/C27H35BrClN3O4S/c1-19-13-14-23(29)17-25(19)32(37(3,35)36)15-7-12-26(33)31(18-21-8-6-9-22(28)16-21)20(2)27(34)30-24-10-4-5-11-24/h6,8-9,13-14,16-17,20,24H,4-5,7,10-12,15,18H2,1-3H3,(H,30,34). The number of amides is 2. The molecule has 1 saturated carbocycles. The van der Waals surface area contributed by atoms with Crippen molar-refractivity contribution < 1.29 is 18.0 Å². The van der Waals surface area contributed by atoms with Gasteiger partial charge in [0.25, 0.3) is 0 Å². The van der Waals surface area contributed by atoms with Crippen LogP contribution in [0, 0.1) is 6.92 Å². The van der Waals surface area contributed by atoms with Crippen molar-refractivity contribution in [1.29, 1.82) is 0 Å². The molecule has 37 heavy (non-hydrogen) atoms. The Bertz CT molecular complexity index is 1220. The van der Waals surface area contributed by atoms with Gasteiger partial charge in [-0.2, -0.15) is 0 Å². The molecular weight excluding hydrogens is 578 g/mol. The molecule has 10 heteroatoms. The van der Waals surface area contributed by atoms with Crippen molar-refractivity contribution in [3.8, 4) is 0 Å². The molecule has 0 bridgehead atoms. The number of carbonyl (C=O) groups excluding carboxylic acids is 2. The lowest BCUT2D eigenvalue weighted by molar-refractivity contribution is -0.141. The molecule has 3 rings (SSSR count). The van der Waals surface area contributed by atoms with E-state index in [1.54, 1.807) is 30.0 Å². The average Bonchev–Trinajstić information content (AvgIpc) is 3.34. The Morgan fingerprint density at radius 3 is 2.51 bits per heavy atom. The van der Waals surface area contributed by atoms with Crippen molar-refractivity contribution in [3.05, 3.63) is 63.1 Å². The van der Waals surface area contributed by atoms with E-state index in [0.717, 1.165) is 47.5 Å². The van der Waals surface area contributed by atoms with Crippen LogP contribution in [0.5, 0.6) is 0 Å². The fourth-order valence-electron chi connectivity index (χ4n) is 4.64. The summed E-state index contributed by atoms with van der Waals surface area (Å²) in [5, 5.41) is 3.53. The Hall–Kier alpha value is -2.10. The Balaban J connectivity index is 1.74. The van der Waals surface area contributed by atoms with E-state index in [-0.39, 0.29) is 37.4 Å². The number of rotatable bonds is 11. The maximum Gasteiger partial charge on any atom is 0.242 e. The number of anilines is 1. The molecular formula is C27H35BrClN3O4S. The second-order valence-corrected chi connectivity index (χ2v) is 12.9. The summed E-state index contributed by atoms with van der Waals surface area (Å²) in [4.78, 5) is 28.1. The first-order valence-corrected chi connectivity index (χ1v) is 15.6. The number of sulfonamides is 1.